The van der Waals surface area contributed by atoms with E-state index in [9.17, 15) is 14.3 Å². The van der Waals surface area contributed by atoms with E-state index in [1.807, 2.05) is 6.07 Å². The Hall–Kier alpha value is -3.23. The molecule has 3 aliphatic rings. The second kappa shape index (κ2) is 8.77. The SMILES string of the molecule is COc1ccc(F)cc1-c1ccnc2[nH]c(C3=CCN(C4CC(C5C(O)CN5C=O)C4)CC3)cc12. The first-order valence-corrected chi connectivity index (χ1v) is 12.2. The van der Waals surface area contributed by atoms with Crippen molar-refractivity contribution in [2.45, 2.75) is 37.5 Å². The van der Waals surface area contributed by atoms with E-state index in [0.29, 0.717) is 29.8 Å². The normalized spacial score (nSPS) is 26.7. The highest BCUT2D eigenvalue weighted by molar-refractivity contribution is 5.96. The van der Waals surface area contributed by atoms with Crippen molar-refractivity contribution in [3.05, 3.63) is 54.1 Å². The number of methoxy groups -OCH3 is 1. The summed E-state index contributed by atoms with van der Waals surface area (Å²) in [7, 11) is 1.59. The number of hydrogen-bond donors (Lipinski definition) is 2. The molecule has 7 nitrogen and oxygen atoms in total. The van der Waals surface area contributed by atoms with Gasteiger partial charge in [-0.2, -0.15) is 0 Å². The number of rotatable bonds is 6. The third-order valence-electron chi connectivity index (χ3n) is 8.03. The molecule has 1 saturated carbocycles. The number of hydrogen-bond acceptors (Lipinski definition) is 5. The zero-order valence-corrected chi connectivity index (χ0v) is 19.7. The number of ether oxygens (including phenoxy) is 1. The molecule has 182 valence electrons. The van der Waals surface area contributed by atoms with Crippen LogP contribution in [-0.4, -0.2) is 76.2 Å². The average Bonchev–Trinajstić information content (AvgIpc) is 3.29. The maximum atomic E-state index is 14.0. The summed E-state index contributed by atoms with van der Waals surface area (Å²) in [6.45, 7) is 2.32. The minimum atomic E-state index is -0.369. The van der Waals surface area contributed by atoms with Crippen LogP contribution >= 0.6 is 0 Å². The Morgan fingerprint density at radius 3 is 2.80 bits per heavy atom. The molecule has 4 heterocycles. The van der Waals surface area contributed by atoms with Gasteiger partial charge >= 0.3 is 0 Å². The number of carbonyl (C=O) groups excluding carboxylic acids is 1. The summed E-state index contributed by atoms with van der Waals surface area (Å²) < 4.78 is 19.5. The van der Waals surface area contributed by atoms with Crippen LogP contribution in [0.5, 0.6) is 5.75 Å². The molecule has 6 rings (SSSR count). The number of halogens is 1. The zero-order chi connectivity index (χ0) is 24.1. The molecule has 3 aromatic rings. The Morgan fingerprint density at radius 1 is 1.23 bits per heavy atom. The second-order valence-electron chi connectivity index (χ2n) is 9.87. The van der Waals surface area contributed by atoms with Gasteiger partial charge in [0.15, 0.2) is 0 Å². The largest absolute Gasteiger partial charge is 0.496 e. The van der Waals surface area contributed by atoms with Crippen LogP contribution in [0.1, 0.15) is 25.0 Å². The number of aromatic nitrogens is 2. The predicted octanol–water partition coefficient (Wildman–Crippen LogP) is 3.45. The van der Waals surface area contributed by atoms with Crippen LogP contribution in [0, 0.1) is 11.7 Å². The van der Waals surface area contributed by atoms with E-state index in [2.05, 4.69) is 27.0 Å². The van der Waals surface area contributed by atoms with Gasteiger partial charge < -0.3 is 19.7 Å². The number of β-amino-alcohol motifs (C(OH)–C–C–N with tert-alkyl or cyclic N) is 1. The minimum Gasteiger partial charge on any atom is -0.496 e. The van der Waals surface area contributed by atoms with Gasteiger partial charge in [0.05, 0.1) is 19.3 Å². The number of H-pyrrole nitrogens is 1. The standard InChI is InChI=1S/C27H29FN4O3/c1-35-25-3-2-18(28)12-21(25)20-4-7-29-27-22(20)13-23(30-27)16-5-8-31(9-6-16)19-10-17(11-19)26-24(34)14-32(26)15-33/h2-5,7,12-13,15,17,19,24,26,34H,6,8-11,14H2,1H3,(H,29,30). The van der Waals surface area contributed by atoms with Gasteiger partial charge in [-0.25, -0.2) is 9.37 Å². The van der Waals surface area contributed by atoms with Gasteiger partial charge in [0.25, 0.3) is 0 Å². The lowest BCUT2D eigenvalue weighted by Crippen LogP contribution is -2.66. The second-order valence-corrected chi connectivity index (χ2v) is 9.87. The quantitative estimate of drug-likeness (QED) is 0.533. The molecule has 2 atom stereocenters. The number of amides is 1. The summed E-state index contributed by atoms with van der Waals surface area (Å²) >= 11 is 0. The first kappa shape index (κ1) is 22.2. The monoisotopic (exact) mass is 476 g/mol. The first-order valence-electron chi connectivity index (χ1n) is 12.2. The number of aromatic amines is 1. The van der Waals surface area contributed by atoms with Crippen molar-refractivity contribution in [2.24, 2.45) is 5.92 Å². The molecule has 2 unspecified atom stereocenters. The highest BCUT2D eigenvalue weighted by Gasteiger charge is 2.48. The molecule has 1 aromatic carbocycles. The van der Waals surface area contributed by atoms with Crippen molar-refractivity contribution in [1.82, 2.24) is 19.8 Å². The number of nitrogens with one attached hydrogen (secondary N) is 1. The van der Waals surface area contributed by atoms with E-state index in [4.69, 9.17) is 4.74 Å². The van der Waals surface area contributed by atoms with Gasteiger partial charge in [-0.15, -0.1) is 0 Å². The molecule has 8 heteroatoms. The smallest absolute Gasteiger partial charge is 0.210 e. The van der Waals surface area contributed by atoms with Gasteiger partial charge in [0.1, 0.15) is 17.2 Å². The first-order chi connectivity index (χ1) is 17.1. The fourth-order valence-corrected chi connectivity index (χ4v) is 6.02. The summed E-state index contributed by atoms with van der Waals surface area (Å²) in [5, 5.41) is 11.0. The molecule has 2 N–H and O–H groups in total. The van der Waals surface area contributed by atoms with Crippen LogP contribution in [-0.2, 0) is 4.79 Å². The average molecular weight is 477 g/mol. The number of carbonyl (C=O) groups is 1. The molecule has 0 radical (unpaired) electrons. The number of likely N-dealkylation sites (tertiary alicyclic amines) is 1. The third-order valence-corrected chi connectivity index (χ3v) is 8.03. The molecule has 2 aliphatic heterocycles. The summed E-state index contributed by atoms with van der Waals surface area (Å²) in [5.74, 6) is 0.719. The van der Waals surface area contributed by atoms with Crippen LogP contribution in [0.2, 0.25) is 0 Å². The van der Waals surface area contributed by atoms with Crippen molar-refractivity contribution >= 4 is 23.0 Å². The Bertz CT molecular complexity index is 1300. The van der Waals surface area contributed by atoms with Crippen molar-refractivity contribution in [3.8, 4) is 16.9 Å². The van der Waals surface area contributed by atoms with E-state index in [1.54, 1.807) is 24.3 Å². The predicted molar refractivity (Wildman–Crippen MR) is 131 cm³/mol. The molecule has 2 fully saturated rings. The van der Waals surface area contributed by atoms with Crippen LogP contribution in [0.3, 0.4) is 0 Å². The van der Waals surface area contributed by atoms with Crippen molar-refractivity contribution in [1.29, 1.82) is 0 Å². The zero-order valence-electron chi connectivity index (χ0n) is 19.7. The number of fused-ring (bicyclic) bond motifs is 1. The lowest BCUT2D eigenvalue weighted by atomic mass is 9.70. The fourth-order valence-electron chi connectivity index (χ4n) is 6.02. The number of aliphatic hydroxyl groups excluding tert-OH is 1. The van der Waals surface area contributed by atoms with E-state index in [-0.39, 0.29) is 18.0 Å². The van der Waals surface area contributed by atoms with Gasteiger partial charge in [-0.05, 0) is 66.6 Å². The Kier molecular flexibility index (Phi) is 5.57. The van der Waals surface area contributed by atoms with Crippen LogP contribution in [0.4, 0.5) is 4.39 Å². The molecule has 2 aromatic heterocycles. The van der Waals surface area contributed by atoms with E-state index >= 15 is 0 Å². The lowest BCUT2D eigenvalue weighted by Gasteiger charge is -2.54. The van der Waals surface area contributed by atoms with Crippen LogP contribution < -0.4 is 4.74 Å². The summed E-state index contributed by atoms with van der Waals surface area (Å²) in [6.07, 6.45) is 7.50. The fraction of sp³-hybridized carbons (Fsp3) is 0.407. The topological polar surface area (TPSA) is 81.7 Å². The van der Waals surface area contributed by atoms with Gasteiger partial charge in [0.2, 0.25) is 6.41 Å². The molecule has 1 aliphatic carbocycles. The van der Waals surface area contributed by atoms with E-state index < -0.39 is 0 Å². The number of aliphatic hydroxyl groups is 1. The molecule has 1 amide bonds. The Morgan fingerprint density at radius 2 is 2.09 bits per heavy atom. The van der Waals surface area contributed by atoms with E-state index in [0.717, 1.165) is 61.1 Å². The molecule has 0 spiro atoms. The molecule has 35 heavy (non-hydrogen) atoms. The van der Waals surface area contributed by atoms with E-state index in [1.165, 1.54) is 17.7 Å². The maximum Gasteiger partial charge on any atom is 0.210 e. The molecular weight excluding hydrogens is 447 g/mol. The minimum absolute atomic E-state index is 0.00408. The number of pyridine rings is 1. The molecule has 1 saturated heterocycles. The summed E-state index contributed by atoms with van der Waals surface area (Å²) in [6, 6.07) is 9.07. The van der Waals surface area contributed by atoms with Gasteiger partial charge in [-0.3, -0.25) is 9.69 Å². The van der Waals surface area contributed by atoms with Crippen molar-refractivity contribution in [3.63, 3.8) is 0 Å². The molecule has 0 bridgehead atoms. The van der Waals surface area contributed by atoms with Crippen LogP contribution in [0.15, 0.2) is 42.6 Å². The number of benzene rings is 1. The van der Waals surface area contributed by atoms with Crippen molar-refractivity contribution in [2.75, 3.05) is 26.7 Å². The summed E-state index contributed by atoms with van der Waals surface area (Å²) in [4.78, 5) is 23.3. The van der Waals surface area contributed by atoms with Crippen molar-refractivity contribution < 1.29 is 19.0 Å². The van der Waals surface area contributed by atoms with Gasteiger partial charge in [-0.1, -0.05) is 6.08 Å². The molecular formula is C27H29FN4O3. The number of nitrogens with zero attached hydrogens (tertiary/aromatic N) is 3. The Labute approximate surface area is 203 Å². The third kappa shape index (κ3) is 3.81. The highest BCUT2D eigenvalue weighted by Crippen LogP contribution is 2.42. The maximum absolute atomic E-state index is 14.0. The van der Waals surface area contributed by atoms with Gasteiger partial charge in [0, 0.05) is 48.5 Å². The highest BCUT2D eigenvalue weighted by atomic mass is 19.1. The lowest BCUT2D eigenvalue weighted by molar-refractivity contribution is -0.149. The van der Waals surface area contributed by atoms with Crippen LogP contribution in [0.25, 0.3) is 27.7 Å². The summed E-state index contributed by atoms with van der Waals surface area (Å²) in [5.41, 5.74) is 4.66. The Balaban J connectivity index is 1.18.